The van der Waals surface area contributed by atoms with Crippen LogP contribution in [0, 0.1) is 11.6 Å². The Balaban J connectivity index is 1.28. The Kier molecular flexibility index (Phi) is 6.41. The van der Waals surface area contributed by atoms with Crippen molar-refractivity contribution in [2.75, 3.05) is 13.2 Å². The van der Waals surface area contributed by atoms with Gasteiger partial charge in [-0.15, -0.1) is 0 Å². The highest BCUT2D eigenvalue weighted by Crippen LogP contribution is 2.36. The number of aliphatic carboxylic acids is 1. The van der Waals surface area contributed by atoms with E-state index in [4.69, 9.17) is 9.47 Å². The molecule has 3 aromatic carbocycles. The van der Waals surface area contributed by atoms with Crippen molar-refractivity contribution < 1.29 is 33.0 Å². The van der Waals surface area contributed by atoms with Crippen LogP contribution in [0.4, 0.5) is 8.78 Å². The zero-order valence-electron chi connectivity index (χ0n) is 19.2. The van der Waals surface area contributed by atoms with Gasteiger partial charge in [0.1, 0.15) is 30.8 Å². The quantitative estimate of drug-likeness (QED) is 0.506. The van der Waals surface area contributed by atoms with Crippen LogP contribution in [0.1, 0.15) is 34.3 Å². The van der Waals surface area contributed by atoms with Gasteiger partial charge >= 0.3 is 5.97 Å². The molecular weight excluding hydrogens is 468 g/mol. The maximum absolute atomic E-state index is 14.7. The minimum Gasteiger partial charge on any atom is -0.489 e. The summed E-state index contributed by atoms with van der Waals surface area (Å²) in [5.41, 5.74) is 1.82. The maximum atomic E-state index is 14.7. The second-order valence-electron chi connectivity index (χ2n) is 8.69. The van der Waals surface area contributed by atoms with Gasteiger partial charge in [0.05, 0.1) is 5.56 Å². The van der Waals surface area contributed by atoms with Crippen molar-refractivity contribution in [3.05, 3.63) is 89.0 Å². The van der Waals surface area contributed by atoms with Crippen molar-refractivity contribution in [3.8, 4) is 22.6 Å². The number of carboxylic acids is 1. The molecule has 0 radical (unpaired) electrons. The molecule has 1 amide bonds. The van der Waals surface area contributed by atoms with E-state index in [0.29, 0.717) is 48.6 Å². The molecule has 2 heterocycles. The molecule has 0 aromatic heterocycles. The summed E-state index contributed by atoms with van der Waals surface area (Å²) >= 11 is 0. The van der Waals surface area contributed by atoms with Crippen LogP contribution in [-0.4, -0.2) is 41.1 Å². The molecule has 0 spiro atoms. The van der Waals surface area contributed by atoms with Crippen LogP contribution in [0.3, 0.4) is 0 Å². The highest BCUT2D eigenvalue weighted by atomic mass is 19.2. The molecule has 36 heavy (non-hydrogen) atoms. The predicted octanol–water partition coefficient (Wildman–Crippen LogP) is 5.31. The van der Waals surface area contributed by atoms with E-state index in [0.717, 1.165) is 5.56 Å². The molecule has 1 fully saturated rings. The molecule has 6 nitrogen and oxygen atoms in total. The molecular formula is C28H23F2NO5. The maximum Gasteiger partial charge on any atom is 0.326 e. The molecule has 2 aliphatic heterocycles. The summed E-state index contributed by atoms with van der Waals surface area (Å²) in [5.74, 6) is -2.39. The number of ether oxygens (including phenoxy) is 2. The zero-order valence-corrected chi connectivity index (χ0v) is 19.2. The number of carbonyl (C=O) groups excluding carboxylic acids is 1. The van der Waals surface area contributed by atoms with Crippen LogP contribution in [0.5, 0.6) is 11.5 Å². The first-order chi connectivity index (χ1) is 17.4. The molecule has 5 rings (SSSR count). The van der Waals surface area contributed by atoms with Crippen LogP contribution in [-0.2, 0) is 11.4 Å². The predicted molar refractivity (Wildman–Crippen MR) is 129 cm³/mol. The lowest BCUT2D eigenvalue weighted by Gasteiger charge is -2.21. The molecule has 0 bridgehead atoms. The van der Waals surface area contributed by atoms with E-state index in [1.165, 1.54) is 17.0 Å². The number of nitrogens with zero attached hydrogens (tertiary/aromatic N) is 1. The largest absolute Gasteiger partial charge is 0.489 e. The second kappa shape index (κ2) is 9.81. The summed E-state index contributed by atoms with van der Waals surface area (Å²) in [4.78, 5) is 25.7. The number of fused-ring (bicyclic) bond motifs is 1. The summed E-state index contributed by atoms with van der Waals surface area (Å²) in [6.45, 7) is 0.889. The van der Waals surface area contributed by atoms with Crippen LogP contribution >= 0.6 is 0 Å². The molecule has 1 N–H and O–H groups in total. The monoisotopic (exact) mass is 491 g/mol. The van der Waals surface area contributed by atoms with Gasteiger partial charge in [-0.1, -0.05) is 24.3 Å². The van der Waals surface area contributed by atoms with E-state index >= 15 is 0 Å². The third-order valence-electron chi connectivity index (χ3n) is 6.37. The molecule has 1 atom stereocenters. The number of hydrogen-bond acceptors (Lipinski definition) is 4. The van der Waals surface area contributed by atoms with Crippen molar-refractivity contribution in [2.24, 2.45) is 0 Å². The van der Waals surface area contributed by atoms with E-state index in [1.807, 2.05) is 6.07 Å². The van der Waals surface area contributed by atoms with Crippen molar-refractivity contribution in [2.45, 2.75) is 25.5 Å². The van der Waals surface area contributed by atoms with Gasteiger partial charge in [0, 0.05) is 17.7 Å². The molecule has 184 valence electrons. The normalized spacial score (nSPS) is 16.4. The highest BCUT2D eigenvalue weighted by molar-refractivity contribution is 5.97. The SMILES string of the molecule is O=C(O)[C@@H]1CCCN1C(=O)c1cccc(COc2ccc(-c3cc4c(c(F)c3F)C=CCO4)cc2)c1. The minimum absolute atomic E-state index is 0.0980. The fourth-order valence-electron chi connectivity index (χ4n) is 4.53. The Morgan fingerprint density at radius 1 is 1.08 bits per heavy atom. The fourth-order valence-corrected chi connectivity index (χ4v) is 4.53. The Hall–Kier alpha value is -4.20. The van der Waals surface area contributed by atoms with Gasteiger partial charge in [0.2, 0.25) is 0 Å². The fraction of sp³-hybridized carbons (Fsp3) is 0.214. The average Bonchev–Trinajstić information content (AvgIpc) is 3.40. The van der Waals surface area contributed by atoms with Gasteiger partial charge in [-0.2, -0.15) is 0 Å². The first-order valence-electron chi connectivity index (χ1n) is 11.6. The van der Waals surface area contributed by atoms with E-state index in [2.05, 4.69) is 0 Å². The second-order valence-corrected chi connectivity index (χ2v) is 8.69. The summed E-state index contributed by atoms with van der Waals surface area (Å²) in [5, 5.41) is 9.36. The van der Waals surface area contributed by atoms with Crippen molar-refractivity contribution >= 4 is 18.0 Å². The number of halogens is 2. The zero-order chi connectivity index (χ0) is 25.2. The lowest BCUT2D eigenvalue weighted by molar-refractivity contribution is -0.141. The minimum atomic E-state index is -0.994. The van der Waals surface area contributed by atoms with Crippen molar-refractivity contribution in [1.29, 1.82) is 0 Å². The standard InChI is InChI=1S/C28H23F2NO5/c29-25-21-6-3-13-35-24(21)15-22(26(25)30)18-8-10-20(11-9-18)36-16-17-4-1-5-19(14-17)27(32)31-12-2-7-23(31)28(33)34/h1,3-6,8-11,14-15,23H,2,7,12-13,16H2,(H,33,34)/t23-/m0/s1. The number of amides is 1. The lowest BCUT2D eigenvalue weighted by Crippen LogP contribution is -2.40. The number of carbonyl (C=O) groups is 2. The third kappa shape index (κ3) is 4.54. The Morgan fingerprint density at radius 2 is 1.89 bits per heavy atom. The van der Waals surface area contributed by atoms with Gasteiger partial charge in [-0.25, -0.2) is 13.6 Å². The average molecular weight is 491 g/mol. The lowest BCUT2D eigenvalue weighted by atomic mass is 10.0. The molecule has 0 aliphatic carbocycles. The van der Waals surface area contributed by atoms with E-state index in [9.17, 15) is 23.5 Å². The molecule has 0 saturated carbocycles. The van der Waals surface area contributed by atoms with E-state index in [-0.39, 0.29) is 23.6 Å². The van der Waals surface area contributed by atoms with Gasteiger partial charge in [0.15, 0.2) is 11.6 Å². The van der Waals surface area contributed by atoms with Gasteiger partial charge < -0.3 is 19.5 Å². The van der Waals surface area contributed by atoms with Gasteiger partial charge in [-0.3, -0.25) is 4.79 Å². The summed E-state index contributed by atoms with van der Waals surface area (Å²) < 4.78 is 40.4. The first kappa shape index (κ1) is 23.5. The van der Waals surface area contributed by atoms with Crippen LogP contribution in [0.2, 0.25) is 0 Å². The first-order valence-corrected chi connectivity index (χ1v) is 11.6. The number of benzene rings is 3. The van der Waals surface area contributed by atoms with Crippen molar-refractivity contribution in [1.82, 2.24) is 4.90 Å². The van der Waals surface area contributed by atoms with E-state index < -0.39 is 23.6 Å². The molecule has 3 aromatic rings. The van der Waals surface area contributed by atoms with Crippen LogP contribution < -0.4 is 9.47 Å². The van der Waals surface area contributed by atoms with E-state index in [1.54, 1.807) is 48.5 Å². The molecule has 1 saturated heterocycles. The smallest absolute Gasteiger partial charge is 0.326 e. The van der Waals surface area contributed by atoms with Crippen LogP contribution in [0.15, 0.2) is 60.7 Å². The number of likely N-dealkylation sites (tertiary alicyclic amines) is 1. The topological polar surface area (TPSA) is 76.1 Å². The highest BCUT2D eigenvalue weighted by Gasteiger charge is 2.34. The summed E-state index contributed by atoms with van der Waals surface area (Å²) in [7, 11) is 0. The number of hydrogen-bond donors (Lipinski definition) is 1. The van der Waals surface area contributed by atoms with Crippen LogP contribution in [0.25, 0.3) is 17.2 Å². The van der Waals surface area contributed by atoms with Crippen molar-refractivity contribution in [3.63, 3.8) is 0 Å². The molecule has 0 unspecified atom stereocenters. The van der Waals surface area contributed by atoms with Gasteiger partial charge in [-0.05, 0) is 66.5 Å². The Labute approximate surface area is 206 Å². The number of carboxylic acid groups (broad SMARTS) is 1. The Bertz CT molecular complexity index is 1350. The molecule has 2 aliphatic rings. The summed E-state index contributed by atoms with van der Waals surface area (Å²) in [6.07, 6.45) is 4.25. The summed E-state index contributed by atoms with van der Waals surface area (Å²) in [6, 6.07) is 14.2. The number of rotatable bonds is 6. The third-order valence-corrected chi connectivity index (χ3v) is 6.37. The molecule has 8 heteroatoms. The van der Waals surface area contributed by atoms with Gasteiger partial charge in [0.25, 0.3) is 5.91 Å². The Morgan fingerprint density at radius 3 is 2.67 bits per heavy atom.